The first kappa shape index (κ1) is 12.1. The first-order chi connectivity index (χ1) is 8.15. The second kappa shape index (κ2) is 5.31. The van der Waals surface area contributed by atoms with Crippen LogP contribution in [0.4, 0.5) is 5.69 Å². The Balaban J connectivity index is 1.91. The van der Waals surface area contributed by atoms with Crippen LogP contribution in [-0.2, 0) is 11.3 Å². The summed E-state index contributed by atoms with van der Waals surface area (Å²) in [4.78, 5) is 11.7. The lowest BCUT2D eigenvalue weighted by Crippen LogP contribution is -2.25. The second-order valence-electron chi connectivity index (χ2n) is 4.64. The fourth-order valence-corrected chi connectivity index (χ4v) is 1.52. The highest BCUT2D eigenvalue weighted by Crippen LogP contribution is 2.23. The van der Waals surface area contributed by atoms with E-state index in [-0.39, 0.29) is 11.7 Å². The standard InChI is InChI=1S/C12H19N3O2/c1-9(2)17-6-5-15-12(16)7-11(8-13-15)14-10-3-4-10/h7-10,14H,3-6H2,1-2H3. The van der Waals surface area contributed by atoms with Crippen LogP contribution in [0.25, 0.3) is 0 Å². The highest BCUT2D eigenvalue weighted by molar-refractivity contribution is 5.41. The molecule has 0 atom stereocenters. The van der Waals surface area contributed by atoms with Crippen LogP contribution in [0.3, 0.4) is 0 Å². The van der Waals surface area contributed by atoms with Gasteiger partial charge in [0.05, 0.1) is 31.1 Å². The average molecular weight is 237 g/mol. The zero-order valence-corrected chi connectivity index (χ0v) is 10.3. The second-order valence-corrected chi connectivity index (χ2v) is 4.64. The molecule has 1 fully saturated rings. The molecule has 5 nitrogen and oxygen atoms in total. The van der Waals surface area contributed by atoms with E-state index in [1.165, 1.54) is 17.5 Å². The van der Waals surface area contributed by atoms with Crippen molar-refractivity contribution < 1.29 is 4.74 Å². The predicted molar refractivity (Wildman–Crippen MR) is 66.2 cm³/mol. The summed E-state index contributed by atoms with van der Waals surface area (Å²) in [6, 6.07) is 2.14. The molecule has 0 spiro atoms. The highest BCUT2D eigenvalue weighted by atomic mass is 16.5. The normalized spacial score (nSPS) is 15.2. The van der Waals surface area contributed by atoms with E-state index in [2.05, 4.69) is 10.4 Å². The maximum absolute atomic E-state index is 11.7. The van der Waals surface area contributed by atoms with E-state index in [4.69, 9.17) is 4.74 Å². The quantitative estimate of drug-likeness (QED) is 0.809. The Bertz CT molecular complexity index is 424. The molecule has 1 heterocycles. The summed E-state index contributed by atoms with van der Waals surface area (Å²) >= 11 is 0. The molecular formula is C12H19N3O2. The van der Waals surface area contributed by atoms with E-state index in [1.54, 1.807) is 12.3 Å². The van der Waals surface area contributed by atoms with E-state index in [0.29, 0.717) is 19.2 Å². The first-order valence-corrected chi connectivity index (χ1v) is 6.10. The number of nitrogens with zero attached hydrogens (tertiary/aromatic N) is 2. The summed E-state index contributed by atoms with van der Waals surface area (Å²) < 4.78 is 6.82. The van der Waals surface area contributed by atoms with Gasteiger partial charge in [-0.1, -0.05) is 0 Å². The topological polar surface area (TPSA) is 56.1 Å². The molecule has 0 unspecified atom stereocenters. The summed E-state index contributed by atoms with van der Waals surface area (Å²) in [5.74, 6) is 0. The first-order valence-electron chi connectivity index (χ1n) is 6.10. The Morgan fingerprint density at radius 3 is 2.94 bits per heavy atom. The lowest BCUT2D eigenvalue weighted by molar-refractivity contribution is 0.0702. The third-order valence-electron chi connectivity index (χ3n) is 2.57. The van der Waals surface area contributed by atoms with Gasteiger partial charge in [0, 0.05) is 12.1 Å². The van der Waals surface area contributed by atoms with Crippen LogP contribution in [0, 0.1) is 0 Å². The van der Waals surface area contributed by atoms with Gasteiger partial charge in [-0.15, -0.1) is 0 Å². The largest absolute Gasteiger partial charge is 0.381 e. The maximum Gasteiger partial charge on any atom is 0.268 e. The molecule has 0 amide bonds. The van der Waals surface area contributed by atoms with Crippen molar-refractivity contribution in [1.82, 2.24) is 9.78 Å². The Morgan fingerprint density at radius 1 is 1.59 bits per heavy atom. The van der Waals surface area contributed by atoms with Gasteiger partial charge in [-0.25, -0.2) is 4.68 Å². The molecule has 94 valence electrons. The number of nitrogens with one attached hydrogen (secondary N) is 1. The van der Waals surface area contributed by atoms with E-state index >= 15 is 0 Å². The van der Waals surface area contributed by atoms with Crippen LogP contribution < -0.4 is 10.9 Å². The minimum atomic E-state index is -0.0805. The highest BCUT2D eigenvalue weighted by Gasteiger charge is 2.20. The molecule has 0 radical (unpaired) electrons. The van der Waals surface area contributed by atoms with Crippen molar-refractivity contribution in [3.05, 3.63) is 22.6 Å². The zero-order chi connectivity index (χ0) is 12.3. The van der Waals surface area contributed by atoms with Gasteiger partial charge >= 0.3 is 0 Å². The van der Waals surface area contributed by atoms with Crippen molar-refractivity contribution >= 4 is 5.69 Å². The molecule has 5 heteroatoms. The Hall–Kier alpha value is -1.36. The van der Waals surface area contributed by atoms with Crippen LogP contribution in [0.15, 0.2) is 17.1 Å². The summed E-state index contributed by atoms with van der Waals surface area (Å²) in [5.41, 5.74) is 0.738. The number of ether oxygens (including phenoxy) is 1. The minimum absolute atomic E-state index is 0.0805. The molecule has 17 heavy (non-hydrogen) atoms. The van der Waals surface area contributed by atoms with Gasteiger partial charge in [0.2, 0.25) is 0 Å². The zero-order valence-electron chi connectivity index (χ0n) is 10.3. The van der Waals surface area contributed by atoms with Gasteiger partial charge in [0.25, 0.3) is 5.56 Å². The smallest absolute Gasteiger partial charge is 0.268 e. The van der Waals surface area contributed by atoms with Crippen LogP contribution in [-0.4, -0.2) is 28.5 Å². The molecule has 2 rings (SSSR count). The van der Waals surface area contributed by atoms with Gasteiger partial charge in [-0.2, -0.15) is 5.10 Å². The Labute approximate surface area is 101 Å². The van der Waals surface area contributed by atoms with E-state index in [9.17, 15) is 4.79 Å². The number of anilines is 1. The summed E-state index contributed by atoms with van der Waals surface area (Å²) in [7, 11) is 0. The maximum atomic E-state index is 11.7. The van der Waals surface area contributed by atoms with Crippen LogP contribution in [0.2, 0.25) is 0 Å². The third-order valence-corrected chi connectivity index (χ3v) is 2.57. The molecule has 1 aliphatic rings. The van der Waals surface area contributed by atoms with Gasteiger partial charge in [-0.3, -0.25) is 4.79 Å². The van der Waals surface area contributed by atoms with Crippen molar-refractivity contribution in [2.24, 2.45) is 0 Å². The van der Waals surface area contributed by atoms with Crippen molar-refractivity contribution in [3.63, 3.8) is 0 Å². The van der Waals surface area contributed by atoms with E-state index < -0.39 is 0 Å². The average Bonchev–Trinajstić information content (AvgIpc) is 3.05. The fraction of sp³-hybridized carbons (Fsp3) is 0.667. The molecule has 1 saturated carbocycles. The molecule has 0 aromatic carbocycles. The lowest BCUT2D eigenvalue weighted by Gasteiger charge is -2.09. The van der Waals surface area contributed by atoms with Gasteiger partial charge < -0.3 is 10.1 Å². The van der Waals surface area contributed by atoms with Crippen molar-refractivity contribution in [2.45, 2.75) is 45.4 Å². The number of rotatable bonds is 6. The van der Waals surface area contributed by atoms with E-state index in [0.717, 1.165) is 5.69 Å². The molecular weight excluding hydrogens is 218 g/mol. The molecule has 1 aromatic rings. The molecule has 0 bridgehead atoms. The van der Waals surface area contributed by atoms with Gasteiger partial charge in [0.15, 0.2) is 0 Å². The lowest BCUT2D eigenvalue weighted by atomic mass is 10.4. The molecule has 1 N–H and O–H groups in total. The summed E-state index contributed by atoms with van der Waals surface area (Å²) in [6.07, 6.45) is 4.26. The van der Waals surface area contributed by atoms with Crippen molar-refractivity contribution in [2.75, 3.05) is 11.9 Å². The van der Waals surface area contributed by atoms with Crippen molar-refractivity contribution in [3.8, 4) is 0 Å². The van der Waals surface area contributed by atoms with E-state index in [1.807, 2.05) is 13.8 Å². The Morgan fingerprint density at radius 2 is 2.35 bits per heavy atom. The summed E-state index contributed by atoms with van der Waals surface area (Å²) in [5, 5.41) is 7.37. The fourth-order valence-electron chi connectivity index (χ4n) is 1.52. The predicted octanol–water partition coefficient (Wildman–Crippen LogP) is 1.24. The molecule has 0 saturated heterocycles. The van der Waals surface area contributed by atoms with Crippen LogP contribution in [0.1, 0.15) is 26.7 Å². The monoisotopic (exact) mass is 237 g/mol. The molecule has 1 aromatic heterocycles. The Kier molecular flexibility index (Phi) is 3.78. The molecule has 1 aliphatic carbocycles. The van der Waals surface area contributed by atoms with Gasteiger partial charge in [-0.05, 0) is 26.7 Å². The molecule has 0 aliphatic heterocycles. The van der Waals surface area contributed by atoms with Gasteiger partial charge in [0.1, 0.15) is 0 Å². The van der Waals surface area contributed by atoms with Crippen LogP contribution in [0.5, 0.6) is 0 Å². The third kappa shape index (κ3) is 3.85. The summed E-state index contributed by atoms with van der Waals surface area (Å²) in [6.45, 7) is 4.96. The number of hydrogen-bond acceptors (Lipinski definition) is 4. The number of aromatic nitrogens is 2. The number of hydrogen-bond donors (Lipinski definition) is 1. The minimum Gasteiger partial charge on any atom is -0.381 e. The SMILES string of the molecule is CC(C)OCCn1ncc(NC2CC2)cc1=O. The van der Waals surface area contributed by atoms with Crippen molar-refractivity contribution in [1.29, 1.82) is 0 Å². The van der Waals surface area contributed by atoms with Crippen LogP contribution >= 0.6 is 0 Å².